The van der Waals surface area contributed by atoms with Crippen molar-refractivity contribution < 1.29 is 18.9 Å². The minimum absolute atomic E-state index is 0.551. The first-order valence-corrected chi connectivity index (χ1v) is 9.15. The Balaban J connectivity index is 0. The van der Waals surface area contributed by atoms with Crippen LogP contribution in [-0.2, 0) is 18.9 Å². The molecule has 0 fully saturated rings. The number of unbranched alkanes of at least 4 members (excludes halogenated alkanes) is 3. The van der Waals surface area contributed by atoms with Crippen LogP contribution in [0, 0.1) is 0 Å². The van der Waals surface area contributed by atoms with Crippen molar-refractivity contribution in [3.63, 3.8) is 0 Å². The van der Waals surface area contributed by atoms with Crippen LogP contribution in [0.25, 0.3) is 0 Å². The topological polar surface area (TPSA) is 62.9 Å². The van der Waals surface area contributed by atoms with Crippen LogP contribution in [0.3, 0.4) is 0 Å². The van der Waals surface area contributed by atoms with E-state index in [-0.39, 0.29) is 0 Å². The van der Waals surface area contributed by atoms with Gasteiger partial charge < -0.3 is 24.7 Å². The molecule has 0 saturated heterocycles. The Morgan fingerprint density at radius 2 is 1.00 bits per heavy atom. The Morgan fingerprint density at radius 1 is 0.591 bits per heavy atom. The van der Waals surface area contributed by atoms with E-state index in [1.807, 2.05) is 0 Å². The van der Waals surface area contributed by atoms with Gasteiger partial charge in [0.05, 0.1) is 46.2 Å². The summed E-state index contributed by atoms with van der Waals surface area (Å²) in [4.78, 5) is 0. The Labute approximate surface area is 145 Å². The first kappa shape index (κ1) is 24.6. The van der Waals surface area contributed by atoms with Gasteiger partial charge in [-0.2, -0.15) is 0 Å². The van der Waals surface area contributed by atoms with Crippen LogP contribution in [0.2, 0.25) is 0 Å². The predicted octanol–water partition coefficient (Wildman–Crippen LogP) is 2.67. The lowest BCUT2D eigenvalue weighted by Gasteiger charge is -2.07. The summed E-state index contributed by atoms with van der Waals surface area (Å²) >= 11 is 10.2. The lowest BCUT2D eigenvalue weighted by atomic mass is 10.2. The third-order valence-electron chi connectivity index (χ3n) is 2.55. The summed E-state index contributed by atoms with van der Waals surface area (Å²) in [5.41, 5.74) is 5.29. The van der Waals surface area contributed by atoms with Crippen molar-refractivity contribution in [3.8, 4) is 0 Å². The van der Waals surface area contributed by atoms with E-state index in [0.29, 0.717) is 52.8 Å². The molecule has 0 atom stereocenters. The maximum Gasteiger partial charge on any atom is 0.0701 e. The van der Waals surface area contributed by atoms with Crippen molar-refractivity contribution >= 4 is 23.2 Å². The third kappa shape index (κ3) is 25.3. The minimum atomic E-state index is 0.551. The van der Waals surface area contributed by atoms with Gasteiger partial charge in [0, 0.05) is 25.4 Å². The fourth-order valence-corrected chi connectivity index (χ4v) is 1.69. The van der Waals surface area contributed by atoms with Gasteiger partial charge in [-0.25, -0.2) is 0 Å². The van der Waals surface area contributed by atoms with Crippen LogP contribution in [0.1, 0.15) is 25.7 Å². The fourth-order valence-electron chi connectivity index (χ4n) is 1.50. The highest BCUT2D eigenvalue weighted by Crippen LogP contribution is 2.00. The van der Waals surface area contributed by atoms with Gasteiger partial charge in [0.1, 0.15) is 0 Å². The molecule has 0 aromatic carbocycles. The normalized spacial score (nSPS) is 10.4. The smallest absolute Gasteiger partial charge is 0.0701 e. The molecule has 0 aliphatic rings. The van der Waals surface area contributed by atoms with Gasteiger partial charge in [-0.3, -0.25) is 0 Å². The standard InChI is InChI=1S/C14H30ClNO4.CH3Cl/c15-5-3-1-2-4-7-17-9-11-19-13-14-20-12-10-18-8-6-16;1-2/h1-14,16H2;1H3. The van der Waals surface area contributed by atoms with Crippen molar-refractivity contribution in [2.24, 2.45) is 5.73 Å². The molecule has 0 bridgehead atoms. The van der Waals surface area contributed by atoms with Gasteiger partial charge in [-0.15, -0.1) is 23.2 Å². The van der Waals surface area contributed by atoms with E-state index in [1.54, 1.807) is 0 Å². The number of ether oxygens (including phenoxy) is 4. The van der Waals surface area contributed by atoms with Crippen LogP contribution in [-0.4, -0.2) is 71.7 Å². The van der Waals surface area contributed by atoms with Crippen LogP contribution in [0.4, 0.5) is 0 Å². The van der Waals surface area contributed by atoms with Crippen molar-refractivity contribution in [2.45, 2.75) is 25.7 Å². The van der Waals surface area contributed by atoms with E-state index < -0.39 is 0 Å². The molecular formula is C15H33Cl2NO4. The van der Waals surface area contributed by atoms with E-state index in [2.05, 4.69) is 11.6 Å². The number of alkyl halides is 2. The highest BCUT2D eigenvalue weighted by molar-refractivity contribution is 6.17. The zero-order chi connectivity index (χ0) is 16.7. The Hall–Kier alpha value is 0.380. The van der Waals surface area contributed by atoms with Gasteiger partial charge >= 0.3 is 0 Å². The first-order valence-electron chi connectivity index (χ1n) is 7.86. The highest BCUT2D eigenvalue weighted by Gasteiger charge is 1.93. The lowest BCUT2D eigenvalue weighted by Crippen LogP contribution is -2.14. The van der Waals surface area contributed by atoms with Gasteiger partial charge in [0.15, 0.2) is 0 Å². The van der Waals surface area contributed by atoms with Crippen LogP contribution in [0.5, 0.6) is 0 Å². The second-order valence-electron chi connectivity index (χ2n) is 4.34. The number of rotatable bonds is 17. The largest absolute Gasteiger partial charge is 0.379 e. The molecule has 0 amide bonds. The van der Waals surface area contributed by atoms with Crippen LogP contribution >= 0.6 is 23.2 Å². The zero-order valence-electron chi connectivity index (χ0n) is 13.9. The molecule has 5 nitrogen and oxygen atoms in total. The maximum atomic E-state index is 5.60. The van der Waals surface area contributed by atoms with Gasteiger partial charge in [0.2, 0.25) is 0 Å². The van der Waals surface area contributed by atoms with E-state index in [0.717, 1.165) is 25.3 Å². The second-order valence-corrected chi connectivity index (χ2v) is 4.72. The lowest BCUT2D eigenvalue weighted by molar-refractivity contribution is -0.00134. The monoisotopic (exact) mass is 361 g/mol. The quantitative estimate of drug-likeness (QED) is 0.318. The molecule has 0 heterocycles. The van der Waals surface area contributed by atoms with Crippen molar-refractivity contribution in [2.75, 3.05) is 71.7 Å². The molecule has 0 rings (SSSR count). The second kappa shape index (κ2) is 26.3. The molecule has 136 valence electrons. The molecule has 0 spiro atoms. The van der Waals surface area contributed by atoms with Gasteiger partial charge in [-0.1, -0.05) is 12.8 Å². The number of hydrogen-bond acceptors (Lipinski definition) is 5. The molecule has 0 aromatic heterocycles. The van der Waals surface area contributed by atoms with E-state index in [1.165, 1.54) is 19.2 Å². The number of halogens is 2. The molecule has 0 aliphatic heterocycles. The summed E-state index contributed by atoms with van der Waals surface area (Å²) in [7, 11) is 0. The van der Waals surface area contributed by atoms with E-state index in [9.17, 15) is 0 Å². The van der Waals surface area contributed by atoms with E-state index >= 15 is 0 Å². The Bertz CT molecular complexity index is 162. The van der Waals surface area contributed by atoms with E-state index in [4.69, 9.17) is 36.3 Å². The van der Waals surface area contributed by atoms with Crippen molar-refractivity contribution in [3.05, 3.63) is 0 Å². The highest BCUT2D eigenvalue weighted by atomic mass is 35.5. The molecule has 0 aromatic rings. The summed E-state index contributed by atoms with van der Waals surface area (Å²) in [5, 5.41) is 0. The molecule has 0 saturated carbocycles. The first-order chi connectivity index (χ1) is 10.9. The summed E-state index contributed by atoms with van der Waals surface area (Å²) in [5.74, 6) is 0.760. The molecule has 0 aliphatic carbocycles. The third-order valence-corrected chi connectivity index (χ3v) is 2.82. The summed E-state index contributed by atoms with van der Waals surface area (Å²) in [6.45, 7) is 5.57. The minimum Gasteiger partial charge on any atom is -0.379 e. The SMILES string of the molecule is CCl.NCCOCCOCCOCCOCCCCCCCl. The number of nitrogens with two attached hydrogens (primary N) is 1. The average molecular weight is 362 g/mol. The molecule has 7 heteroatoms. The Kier molecular flexibility index (Phi) is 29.4. The average Bonchev–Trinajstić information content (AvgIpc) is 2.56. The fraction of sp³-hybridized carbons (Fsp3) is 1.00. The van der Waals surface area contributed by atoms with Crippen molar-refractivity contribution in [1.29, 1.82) is 0 Å². The molecule has 0 unspecified atom stereocenters. The summed E-state index contributed by atoms with van der Waals surface area (Å²) < 4.78 is 21.3. The maximum absolute atomic E-state index is 5.60. The molecule has 22 heavy (non-hydrogen) atoms. The predicted molar refractivity (Wildman–Crippen MR) is 93.3 cm³/mol. The zero-order valence-corrected chi connectivity index (χ0v) is 15.4. The van der Waals surface area contributed by atoms with Gasteiger partial charge in [-0.05, 0) is 12.8 Å². The van der Waals surface area contributed by atoms with Gasteiger partial charge in [0.25, 0.3) is 0 Å². The molecule has 0 radical (unpaired) electrons. The van der Waals surface area contributed by atoms with Crippen molar-refractivity contribution in [1.82, 2.24) is 0 Å². The Morgan fingerprint density at radius 3 is 1.45 bits per heavy atom. The summed E-state index contributed by atoms with van der Waals surface area (Å²) in [6, 6.07) is 0. The summed E-state index contributed by atoms with van der Waals surface area (Å²) in [6.07, 6.45) is 6.05. The molecule has 2 N–H and O–H groups in total. The number of hydrogen-bond donors (Lipinski definition) is 1. The van der Waals surface area contributed by atoms with Crippen LogP contribution in [0.15, 0.2) is 0 Å². The van der Waals surface area contributed by atoms with Crippen LogP contribution < -0.4 is 5.73 Å². The molecular weight excluding hydrogens is 329 g/mol.